The predicted octanol–water partition coefficient (Wildman–Crippen LogP) is 5.03. The summed E-state index contributed by atoms with van der Waals surface area (Å²) in [5.74, 6) is 0.472. The number of hydrogen-bond donors (Lipinski definition) is 1. The van der Waals surface area contributed by atoms with Crippen LogP contribution < -0.4 is 11.1 Å². The molecule has 0 atom stereocenters. The number of fused-ring (bicyclic) bond motifs is 2. The Labute approximate surface area is 198 Å². The molecule has 6 rings (SSSR count). The molecule has 0 saturated heterocycles. The van der Waals surface area contributed by atoms with Gasteiger partial charge in [0.1, 0.15) is 17.4 Å². The Morgan fingerprint density at radius 3 is 2.34 bits per heavy atom. The third-order valence-electron chi connectivity index (χ3n) is 5.99. The smallest absolute Gasteiger partial charge is 0.279 e. The minimum atomic E-state index is -0.482. The maximum atomic E-state index is 13.4. The zero-order valence-electron chi connectivity index (χ0n) is 18.2. The molecule has 0 unspecified atom stereocenters. The lowest BCUT2D eigenvalue weighted by atomic mass is 9.98. The first-order valence-corrected chi connectivity index (χ1v) is 10.9. The number of pyridine rings is 1. The Morgan fingerprint density at radius 2 is 1.57 bits per heavy atom. The number of nitriles is 1. The third kappa shape index (κ3) is 3.24. The van der Waals surface area contributed by atoms with Gasteiger partial charge in [-0.1, -0.05) is 54.6 Å². The summed E-state index contributed by atoms with van der Waals surface area (Å²) in [4.78, 5) is 31.0. The van der Waals surface area contributed by atoms with E-state index in [1.54, 1.807) is 42.5 Å². The van der Waals surface area contributed by atoms with Crippen molar-refractivity contribution in [2.24, 2.45) is 0 Å². The van der Waals surface area contributed by atoms with Gasteiger partial charge in [-0.25, -0.2) is 4.98 Å². The fourth-order valence-corrected chi connectivity index (χ4v) is 4.37. The van der Waals surface area contributed by atoms with Crippen LogP contribution in [0.3, 0.4) is 0 Å². The summed E-state index contributed by atoms with van der Waals surface area (Å²) in [5, 5.41) is 15.2. The number of H-pyrrole nitrogens is 1. The molecule has 0 saturated carbocycles. The van der Waals surface area contributed by atoms with Crippen molar-refractivity contribution in [3.05, 3.63) is 117 Å². The van der Waals surface area contributed by atoms with E-state index in [4.69, 9.17) is 9.40 Å². The quantitative estimate of drug-likeness (QED) is 0.402. The molecule has 0 amide bonds. The van der Waals surface area contributed by atoms with Crippen molar-refractivity contribution in [2.75, 3.05) is 0 Å². The standard InChI is InChI=1S/C28H16N4O3/c29-16-23-22(25-13-6-14-35-25)15-24(19-12-5-8-17-7-1-2-9-18(17)19)30-26(23)32-28(34)21-11-4-3-10-20(21)27(33)31-32/h1-15H,(H,31,33). The Balaban J connectivity index is 1.74. The summed E-state index contributed by atoms with van der Waals surface area (Å²) in [6.07, 6.45) is 1.51. The van der Waals surface area contributed by atoms with Gasteiger partial charge in [0, 0.05) is 11.1 Å². The van der Waals surface area contributed by atoms with E-state index in [9.17, 15) is 14.9 Å². The molecule has 6 aromatic rings. The number of hydrogen-bond acceptors (Lipinski definition) is 5. The maximum Gasteiger partial charge on any atom is 0.279 e. The van der Waals surface area contributed by atoms with Gasteiger partial charge in [-0.05, 0) is 41.1 Å². The Bertz CT molecular complexity index is 1900. The van der Waals surface area contributed by atoms with Gasteiger partial charge in [0.25, 0.3) is 11.1 Å². The van der Waals surface area contributed by atoms with E-state index in [0.29, 0.717) is 17.0 Å². The molecule has 166 valence electrons. The van der Waals surface area contributed by atoms with Gasteiger partial charge in [-0.15, -0.1) is 0 Å². The predicted molar refractivity (Wildman–Crippen MR) is 133 cm³/mol. The lowest BCUT2D eigenvalue weighted by molar-refractivity contribution is 0.582. The van der Waals surface area contributed by atoms with Crippen LogP contribution in [0.5, 0.6) is 0 Å². The molecule has 0 aliphatic rings. The molecule has 35 heavy (non-hydrogen) atoms. The Morgan fingerprint density at radius 1 is 0.829 bits per heavy atom. The molecule has 1 N–H and O–H groups in total. The number of rotatable bonds is 3. The number of furan rings is 1. The van der Waals surface area contributed by atoms with Crippen molar-refractivity contribution in [1.29, 1.82) is 5.26 Å². The molecule has 0 aliphatic heterocycles. The van der Waals surface area contributed by atoms with E-state index in [2.05, 4.69) is 11.2 Å². The first-order valence-electron chi connectivity index (χ1n) is 10.9. The number of aromatic nitrogens is 3. The van der Waals surface area contributed by atoms with Crippen LogP contribution in [0.4, 0.5) is 0 Å². The highest BCUT2D eigenvalue weighted by Gasteiger charge is 2.21. The van der Waals surface area contributed by atoms with Crippen LogP contribution in [0.2, 0.25) is 0 Å². The maximum absolute atomic E-state index is 13.4. The van der Waals surface area contributed by atoms with Crippen LogP contribution in [0.1, 0.15) is 5.56 Å². The number of aromatic amines is 1. The van der Waals surface area contributed by atoms with Gasteiger partial charge in [-0.2, -0.15) is 9.94 Å². The van der Waals surface area contributed by atoms with E-state index in [1.807, 2.05) is 42.5 Å². The summed E-state index contributed by atoms with van der Waals surface area (Å²) >= 11 is 0. The molecule has 0 radical (unpaired) electrons. The van der Waals surface area contributed by atoms with Crippen LogP contribution in [0, 0.1) is 11.3 Å². The fourth-order valence-electron chi connectivity index (χ4n) is 4.37. The molecule has 3 heterocycles. The summed E-state index contributed by atoms with van der Waals surface area (Å²) in [5.41, 5.74) is 0.981. The molecular weight excluding hydrogens is 440 g/mol. The zero-order valence-corrected chi connectivity index (χ0v) is 18.2. The highest BCUT2D eigenvalue weighted by molar-refractivity contribution is 5.96. The number of nitrogens with zero attached hydrogens (tertiary/aromatic N) is 3. The second-order valence-corrected chi connectivity index (χ2v) is 8.00. The SMILES string of the molecule is N#Cc1c(-c2ccco2)cc(-c2cccc3ccccc23)nc1-n1[nH]c(=O)c2ccccc2c1=O. The van der Waals surface area contributed by atoms with Crippen molar-refractivity contribution in [3.8, 4) is 34.5 Å². The highest BCUT2D eigenvalue weighted by atomic mass is 16.3. The van der Waals surface area contributed by atoms with Gasteiger partial charge in [0.05, 0.1) is 22.7 Å². The van der Waals surface area contributed by atoms with E-state index >= 15 is 0 Å². The minimum absolute atomic E-state index is 0.0252. The summed E-state index contributed by atoms with van der Waals surface area (Å²) in [7, 11) is 0. The van der Waals surface area contributed by atoms with Crippen molar-refractivity contribution < 1.29 is 4.42 Å². The molecule has 3 aromatic heterocycles. The summed E-state index contributed by atoms with van der Waals surface area (Å²) < 4.78 is 6.66. The third-order valence-corrected chi connectivity index (χ3v) is 5.99. The fraction of sp³-hybridized carbons (Fsp3) is 0. The van der Waals surface area contributed by atoms with E-state index in [0.717, 1.165) is 21.0 Å². The zero-order chi connectivity index (χ0) is 23.9. The molecule has 0 spiro atoms. The highest BCUT2D eigenvalue weighted by Crippen LogP contribution is 2.34. The number of benzene rings is 3. The van der Waals surface area contributed by atoms with Crippen molar-refractivity contribution in [2.45, 2.75) is 0 Å². The molecule has 7 nitrogen and oxygen atoms in total. The van der Waals surface area contributed by atoms with E-state index < -0.39 is 11.1 Å². The first-order chi connectivity index (χ1) is 17.2. The molecule has 0 fully saturated rings. The van der Waals surface area contributed by atoms with Crippen LogP contribution in [0.15, 0.2) is 105 Å². The summed E-state index contributed by atoms with van der Waals surface area (Å²) in [6.45, 7) is 0. The van der Waals surface area contributed by atoms with Gasteiger partial charge in [-0.3, -0.25) is 14.7 Å². The van der Waals surface area contributed by atoms with Crippen molar-refractivity contribution in [3.63, 3.8) is 0 Å². The largest absolute Gasteiger partial charge is 0.464 e. The Kier molecular flexibility index (Phi) is 4.65. The van der Waals surface area contributed by atoms with E-state index in [1.165, 1.54) is 6.26 Å². The molecule has 0 bridgehead atoms. The number of nitrogens with one attached hydrogen (secondary N) is 1. The van der Waals surface area contributed by atoms with Crippen LogP contribution in [0.25, 0.3) is 49.9 Å². The first kappa shape index (κ1) is 20.4. The second-order valence-electron chi connectivity index (χ2n) is 8.00. The topological polar surface area (TPSA) is 105 Å². The van der Waals surface area contributed by atoms with Gasteiger partial charge in [0.2, 0.25) is 0 Å². The van der Waals surface area contributed by atoms with Gasteiger partial charge < -0.3 is 4.42 Å². The van der Waals surface area contributed by atoms with Gasteiger partial charge in [0.15, 0.2) is 5.82 Å². The average molecular weight is 456 g/mol. The van der Waals surface area contributed by atoms with Crippen molar-refractivity contribution in [1.82, 2.24) is 14.8 Å². The van der Waals surface area contributed by atoms with Crippen LogP contribution >= 0.6 is 0 Å². The molecule has 7 heteroatoms. The lowest BCUT2D eigenvalue weighted by Crippen LogP contribution is -2.30. The molecule has 0 aliphatic carbocycles. The second kappa shape index (κ2) is 7.97. The average Bonchev–Trinajstić information content (AvgIpc) is 3.45. The van der Waals surface area contributed by atoms with Crippen molar-refractivity contribution >= 4 is 21.5 Å². The normalized spacial score (nSPS) is 11.1. The lowest BCUT2D eigenvalue weighted by Gasteiger charge is -2.14. The minimum Gasteiger partial charge on any atom is -0.464 e. The summed E-state index contributed by atoms with van der Waals surface area (Å²) in [6, 6.07) is 27.7. The van der Waals surface area contributed by atoms with E-state index in [-0.39, 0.29) is 22.2 Å². The monoisotopic (exact) mass is 456 g/mol. The van der Waals surface area contributed by atoms with Crippen LogP contribution in [-0.4, -0.2) is 14.8 Å². The Hall–Kier alpha value is -5.22. The molecular formula is C28H16N4O3. The molecule has 3 aromatic carbocycles. The van der Waals surface area contributed by atoms with Gasteiger partial charge >= 0.3 is 0 Å². The van der Waals surface area contributed by atoms with Crippen LogP contribution in [-0.2, 0) is 0 Å².